The number of carbonyl (C=O) groups is 4. The lowest BCUT2D eigenvalue weighted by Gasteiger charge is -2.21. The molecule has 5 atom stereocenters. The first-order valence-corrected chi connectivity index (χ1v) is 45.1. The first kappa shape index (κ1) is 98.1. The van der Waals surface area contributed by atoms with Crippen LogP contribution in [0, 0.1) is 5.92 Å². The van der Waals surface area contributed by atoms with E-state index in [4.69, 9.17) is 37.0 Å². The fourth-order valence-corrected chi connectivity index (χ4v) is 14.2. The van der Waals surface area contributed by atoms with Crippen LogP contribution >= 0.6 is 15.6 Å². The normalized spacial score (nSPS) is 13.8. The maximum absolute atomic E-state index is 13.1. The van der Waals surface area contributed by atoms with E-state index in [1.165, 1.54) is 250 Å². The van der Waals surface area contributed by atoms with Crippen LogP contribution in [0.4, 0.5) is 0 Å². The van der Waals surface area contributed by atoms with Gasteiger partial charge in [-0.2, -0.15) is 0 Å². The Morgan fingerprint density at radius 3 is 0.680 bits per heavy atom. The topological polar surface area (TPSA) is 237 Å². The lowest BCUT2D eigenvalue weighted by atomic mass is 10.0. The molecule has 3 N–H and O–H groups in total. The third-order valence-electron chi connectivity index (χ3n) is 19.0. The molecule has 0 saturated carbocycles. The predicted octanol–water partition coefficient (Wildman–Crippen LogP) is 24.4. The fourth-order valence-electron chi connectivity index (χ4n) is 12.6. The van der Waals surface area contributed by atoms with Gasteiger partial charge >= 0.3 is 39.5 Å². The first-order chi connectivity index (χ1) is 48.5. The zero-order valence-corrected chi connectivity index (χ0v) is 67.1. The molecule has 0 aliphatic heterocycles. The highest BCUT2D eigenvalue weighted by molar-refractivity contribution is 7.47. The van der Waals surface area contributed by atoms with E-state index in [0.29, 0.717) is 31.6 Å². The first-order valence-electron chi connectivity index (χ1n) is 42.1. The van der Waals surface area contributed by atoms with Crippen molar-refractivity contribution >= 4 is 39.5 Å². The molecule has 0 aromatic heterocycles. The molecule has 0 saturated heterocycles. The summed E-state index contributed by atoms with van der Waals surface area (Å²) in [4.78, 5) is 73.0. The number of rotatable bonds is 81. The fraction of sp³-hybridized carbons (Fsp3) is 0.951. The van der Waals surface area contributed by atoms with Gasteiger partial charge in [0.1, 0.15) is 19.3 Å². The molecule has 0 spiro atoms. The van der Waals surface area contributed by atoms with Crippen LogP contribution in [0.2, 0.25) is 0 Å². The molecule has 0 radical (unpaired) electrons. The number of hydrogen-bond acceptors (Lipinski definition) is 15. The second kappa shape index (κ2) is 73.9. The highest BCUT2D eigenvalue weighted by Crippen LogP contribution is 2.45. The van der Waals surface area contributed by atoms with Gasteiger partial charge in [-0.3, -0.25) is 37.3 Å². The molecule has 0 rings (SSSR count). The van der Waals surface area contributed by atoms with Crippen LogP contribution in [0.15, 0.2) is 0 Å². The zero-order chi connectivity index (χ0) is 73.4. The van der Waals surface area contributed by atoms with Crippen molar-refractivity contribution in [1.82, 2.24) is 0 Å². The van der Waals surface area contributed by atoms with E-state index in [1.54, 1.807) is 0 Å². The molecular formula is C81H158O17P2. The number of hydrogen-bond donors (Lipinski definition) is 3. The molecule has 17 nitrogen and oxygen atoms in total. The summed E-state index contributed by atoms with van der Waals surface area (Å²) in [5.41, 5.74) is 0. The van der Waals surface area contributed by atoms with Gasteiger partial charge in [0.25, 0.3) is 0 Å². The lowest BCUT2D eigenvalue weighted by Crippen LogP contribution is -2.30. The van der Waals surface area contributed by atoms with Crippen molar-refractivity contribution in [1.29, 1.82) is 0 Å². The van der Waals surface area contributed by atoms with Gasteiger partial charge in [-0.25, -0.2) is 9.13 Å². The van der Waals surface area contributed by atoms with Crippen LogP contribution < -0.4 is 0 Å². The molecule has 594 valence electrons. The minimum atomic E-state index is -4.96. The Hall–Kier alpha value is -1.94. The standard InChI is InChI=1S/C81H158O17P2/c1-6-9-12-15-18-21-24-27-30-32-33-35-38-41-44-47-50-57-62-66-80(85)97-76(70-91-78(83)64-59-54-48-45-42-39-37-34-31-28-25-22-19-16-13-10-7-2)72-95-99(87,88)93-68-75(82)69-94-100(89,90)96-73-77(71-92-79(84)65-60-55-52-51-53-58-63-74(4)5)98-81(86)67-61-56-49-46-43-40-36-29-26-23-20-17-14-11-8-3/h74-77,82H,6-73H2,1-5H3,(H,87,88)(H,89,90)/t75-,76-,77-/m1/s1. The Kier molecular flexibility index (Phi) is 72.5. The van der Waals surface area contributed by atoms with Gasteiger partial charge in [-0.15, -0.1) is 0 Å². The number of ether oxygens (including phenoxy) is 4. The van der Waals surface area contributed by atoms with Crippen molar-refractivity contribution in [2.45, 2.75) is 451 Å². The summed E-state index contributed by atoms with van der Waals surface area (Å²) in [5.74, 6) is -1.43. The molecule has 0 heterocycles. The molecule has 0 amide bonds. The van der Waals surface area contributed by atoms with Gasteiger partial charge in [0, 0.05) is 25.7 Å². The van der Waals surface area contributed by atoms with Gasteiger partial charge < -0.3 is 33.8 Å². The molecule has 0 aromatic rings. The predicted molar refractivity (Wildman–Crippen MR) is 409 cm³/mol. The summed E-state index contributed by atoms with van der Waals surface area (Å²) in [6.45, 7) is 7.25. The van der Waals surface area contributed by atoms with Crippen LogP contribution in [-0.4, -0.2) is 96.7 Å². The van der Waals surface area contributed by atoms with Crippen LogP contribution in [-0.2, 0) is 65.4 Å². The van der Waals surface area contributed by atoms with E-state index >= 15 is 0 Å². The summed E-state index contributed by atoms with van der Waals surface area (Å²) >= 11 is 0. The second-order valence-corrected chi connectivity index (χ2v) is 32.5. The Labute approximate surface area is 613 Å². The number of esters is 4. The summed E-state index contributed by atoms with van der Waals surface area (Å²) in [5, 5.41) is 10.6. The van der Waals surface area contributed by atoms with Crippen LogP contribution in [0.25, 0.3) is 0 Å². The lowest BCUT2D eigenvalue weighted by molar-refractivity contribution is -0.161. The van der Waals surface area contributed by atoms with E-state index in [2.05, 4.69) is 34.6 Å². The number of aliphatic hydroxyl groups excluding tert-OH is 1. The quantitative estimate of drug-likeness (QED) is 0.0222. The van der Waals surface area contributed by atoms with E-state index in [0.717, 1.165) is 96.3 Å². The number of unbranched alkanes of at least 4 members (excludes halogenated alkanes) is 53. The second-order valence-electron chi connectivity index (χ2n) is 29.6. The molecule has 2 unspecified atom stereocenters. The molecule has 100 heavy (non-hydrogen) atoms. The zero-order valence-electron chi connectivity index (χ0n) is 65.3. The minimum absolute atomic E-state index is 0.107. The largest absolute Gasteiger partial charge is 0.472 e. The number of carbonyl (C=O) groups excluding carboxylic acids is 4. The van der Waals surface area contributed by atoms with Crippen molar-refractivity contribution in [2.75, 3.05) is 39.6 Å². The third kappa shape index (κ3) is 74.3. The van der Waals surface area contributed by atoms with Crippen LogP contribution in [0.1, 0.15) is 433 Å². The summed E-state index contributed by atoms with van der Waals surface area (Å²) in [6, 6.07) is 0. The maximum Gasteiger partial charge on any atom is 0.472 e. The van der Waals surface area contributed by atoms with Crippen LogP contribution in [0.5, 0.6) is 0 Å². The Bertz CT molecular complexity index is 1910. The highest BCUT2D eigenvalue weighted by atomic mass is 31.2. The van der Waals surface area contributed by atoms with Crippen molar-refractivity contribution in [3.05, 3.63) is 0 Å². The van der Waals surface area contributed by atoms with E-state index in [-0.39, 0.29) is 25.7 Å². The van der Waals surface area contributed by atoms with Crippen LogP contribution in [0.3, 0.4) is 0 Å². The number of phosphoric acid groups is 2. The van der Waals surface area contributed by atoms with Gasteiger partial charge in [0.2, 0.25) is 0 Å². The molecule has 19 heteroatoms. The average molecular weight is 1470 g/mol. The molecule has 0 aliphatic carbocycles. The molecule has 0 aromatic carbocycles. The van der Waals surface area contributed by atoms with Gasteiger partial charge in [-0.1, -0.05) is 381 Å². The van der Waals surface area contributed by atoms with Crippen molar-refractivity contribution in [3.8, 4) is 0 Å². The van der Waals surface area contributed by atoms with Gasteiger partial charge in [-0.05, 0) is 31.6 Å². The maximum atomic E-state index is 13.1. The monoisotopic (exact) mass is 1470 g/mol. The number of aliphatic hydroxyl groups is 1. The number of phosphoric ester groups is 2. The summed E-state index contributed by atoms with van der Waals surface area (Å²) in [7, 11) is -9.92. The Morgan fingerprint density at radius 1 is 0.270 bits per heavy atom. The van der Waals surface area contributed by atoms with E-state index < -0.39 is 97.5 Å². The van der Waals surface area contributed by atoms with Crippen molar-refractivity contribution in [2.24, 2.45) is 5.92 Å². The Balaban J connectivity index is 5.22. The van der Waals surface area contributed by atoms with Gasteiger partial charge in [0.15, 0.2) is 12.2 Å². The molecule has 0 aliphatic rings. The third-order valence-corrected chi connectivity index (χ3v) is 20.9. The smallest absolute Gasteiger partial charge is 0.462 e. The molecular weight excluding hydrogens is 1310 g/mol. The van der Waals surface area contributed by atoms with Crippen molar-refractivity contribution < 1.29 is 80.2 Å². The SMILES string of the molecule is CCCCCCCCCCCCCCCCCCCCCC(=O)O[C@H](COC(=O)CCCCCCCCCCCCCCCCCCC)COP(=O)(O)OC[C@@H](O)COP(=O)(O)OC[C@@H](COC(=O)CCCCCCCCC(C)C)OC(=O)CCCCCCCCCCCCCCCCC. The highest BCUT2D eigenvalue weighted by Gasteiger charge is 2.30. The Morgan fingerprint density at radius 2 is 0.460 bits per heavy atom. The summed E-state index contributed by atoms with van der Waals surface area (Å²) < 4.78 is 68.7. The van der Waals surface area contributed by atoms with E-state index in [9.17, 15) is 43.2 Å². The van der Waals surface area contributed by atoms with Crippen molar-refractivity contribution in [3.63, 3.8) is 0 Å². The molecule has 0 bridgehead atoms. The van der Waals surface area contributed by atoms with Gasteiger partial charge in [0.05, 0.1) is 26.4 Å². The average Bonchev–Trinajstić information content (AvgIpc) is 0.947. The van der Waals surface area contributed by atoms with E-state index in [1.807, 2.05) is 0 Å². The summed E-state index contributed by atoms with van der Waals surface area (Å²) in [6.07, 6.45) is 65.4. The minimum Gasteiger partial charge on any atom is -0.462 e. The molecule has 0 fully saturated rings.